The maximum atomic E-state index is 13.6. The SMILES string of the molecule is CCCOc1cccc(N2C(=O)C(c3cccs3)=C(N3CC(C)CC(C)C3)C2=O)c1. The molecule has 6 heteroatoms. The number of imide groups is 1. The summed E-state index contributed by atoms with van der Waals surface area (Å²) >= 11 is 1.50. The van der Waals surface area contributed by atoms with Crippen LogP contribution in [0.5, 0.6) is 5.75 Å². The van der Waals surface area contributed by atoms with E-state index in [1.165, 1.54) is 16.2 Å². The van der Waals surface area contributed by atoms with E-state index in [9.17, 15) is 9.59 Å². The monoisotopic (exact) mass is 424 g/mol. The molecule has 1 fully saturated rings. The highest BCUT2D eigenvalue weighted by Gasteiger charge is 2.44. The zero-order valence-electron chi connectivity index (χ0n) is 17.8. The molecular formula is C24H28N2O3S. The van der Waals surface area contributed by atoms with Crippen molar-refractivity contribution in [2.45, 2.75) is 33.6 Å². The number of hydrogen-bond donors (Lipinski definition) is 0. The van der Waals surface area contributed by atoms with Gasteiger partial charge in [0.1, 0.15) is 11.4 Å². The highest BCUT2D eigenvalue weighted by Crippen LogP contribution is 2.39. The molecule has 30 heavy (non-hydrogen) atoms. The second-order valence-electron chi connectivity index (χ2n) is 8.34. The molecule has 0 radical (unpaired) electrons. The Labute approximate surface area is 181 Å². The average molecular weight is 425 g/mol. The maximum absolute atomic E-state index is 13.6. The minimum absolute atomic E-state index is 0.239. The first-order chi connectivity index (χ1) is 14.5. The molecule has 158 valence electrons. The summed E-state index contributed by atoms with van der Waals surface area (Å²) in [6.07, 6.45) is 2.03. The van der Waals surface area contributed by atoms with Crippen molar-refractivity contribution < 1.29 is 14.3 Å². The Kier molecular flexibility index (Phi) is 5.95. The summed E-state index contributed by atoms with van der Waals surface area (Å²) in [7, 11) is 0. The van der Waals surface area contributed by atoms with Crippen LogP contribution in [0.15, 0.2) is 47.5 Å². The van der Waals surface area contributed by atoms with Gasteiger partial charge in [-0.15, -0.1) is 11.3 Å². The fraction of sp³-hybridized carbons (Fsp3) is 0.417. The van der Waals surface area contributed by atoms with Crippen LogP contribution in [0.3, 0.4) is 0 Å². The number of carbonyl (C=O) groups is 2. The van der Waals surface area contributed by atoms with E-state index < -0.39 is 0 Å². The molecule has 2 aliphatic rings. The van der Waals surface area contributed by atoms with Crippen LogP contribution in [0, 0.1) is 11.8 Å². The molecule has 1 saturated heterocycles. The van der Waals surface area contributed by atoms with Gasteiger partial charge in [0.15, 0.2) is 0 Å². The fourth-order valence-electron chi connectivity index (χ4n) is 4.47. The van der Waals surface area contributed by atoms with Gasteiger partial charge in [-0.1, -0.05) is 32.9 Å². The van der Waals surface area contributed by atoms with E-state index in [0.29, 0.717) is 41.1 Å². The molecule has 0 saturated carbocycles. The van der Waals surface area contributed by atoms with Gasteiger partial charge in [0.25, 0.3) is 11.8 Å². The van der Waals surface area contributed by atoms with Crippen LogP contribution in [0.2, 0.25) is 0 Å². The van der Waals surface area contributed by atoms with Gasteiger partial charge in [-0.25, -0.2) is 4.90 Å². The van der Waals surface area contributed by atoms with E-state index in [1.54, 1.807) is 12.1 Å². The summed E-state index contributed by atoms with van der Waals surface area (Å²) in [6, 6.07) is 11.1. The standard InChI is InChI=1S/C24H28N2O3S/c1-4-10-29-19-8-5-7-18(13-19)26-23(27)21(20-9-6-11-30-20)22(24(26)28)25-14-16(2)12-17(3)15-25/h5-9,11,13,16-17H,4,10,12,14-15H2,1-3H3. The van der Waals surface area contributed by atoms with Crippen molar-refractivity contribution in [2.24, 2.45) is 11.8 Å². The number of benzene rings is 1. The topological polar surface area (TPSA) is 49.9 Å². The Balaban J connectivity index is 1.74. The van der Waals surface area contributed by atoms with Gasteiger partial charge in [-0.05, 0) is 48.3 Å². The summed E-state index contributed by atoms with van der Waals surface area (Å²) in [5.74, 6) is 1.14. The smallest absolute Gasteiger partial charge is 0.282 e. The molecule has 2 aliphatic heterocycles. The van der Waals surface area contributed by atoms with Crippen LogP contribution < -0.4 is 9.64 Å². The lowest BCUT2D eigenvalue weighted by Crippen LogP contribution is -2.42. The van der Waals surface area contributed by atoms with Crippen molar-refractivity contribution in [1.82, 2.24) is 4.90 Å². The number of carbonyl (C=O) groups excluding carboxylic acids is 2. The molecule has 4 rings (SSSR count). The lowest BCUT2D eigenvalue weighted by Gasteiger charge is -2.37. The van der Waals surface area contributed by atoms with Gasteiger partial charge in [0.2, 0.25) is 0 Å². The number of likely N-dealkylation sites (tertiary alicyclic amines) is 1. The second-order valence-corrected chi connectivity index (χ2v) is 9.29. The number of piperidine rings is 1. The first-order valence-electron chi connectivity index (χ1n) is 10.6. The zero-order chi connectivity index (χ0) is 21.3. The Morgan fingerprint density at radius 2 is 1.83 bits per heavy atom. The third-order valence-corrected chi connectivity index (χ3v) is 6.45. The maximum Gasteiger partial charge on any atom is 0.282 e. The van der Waals surface area contributed by atoms with Crippen LogP contribution >= 0.6 is 11.3 Å². The minimum atomic E-state index is -0.254. The predicted molar refractivity (Wildman–Crippen MR) is 120 cm³/mol. The summed E-state index contributed by atoms with van der Waals surface area (Å²) in [5, 5.41) is 1.95. The Morgan fingerprint density at radius 3 is 2.50 bits per heavy atom. The average Bonchev–Trinajstić information content (AvgIpc) is 3.32. The van der Waals surface area contributed by atoms with Crippen molar-refractivity contribution in [1.29, 1.82) is 0 Å². The van der Waals surface area contributed by atoms with E-state index >= 15 is 0 Å². The van der Waals surface area contributed by atoms with Crippen molar-refractivity contribution in [3.05, 3.63) is 52.4 Å². The Hall–Kier alpha value is -2.60. The largest absolute Gasteiger partial charge is 0.494 e. The molecular weight excluding hydrogens is 396 g/mol. The van der Waals surface area contributed by atoms with Crippen LogP contribution in [0.25, 0.3) is 5.57 Å². The van der Waals surface area contributed by atoms with Gasteiger partial charge < -0.3 is 9.64 Å². The van der Waals surface area contributed by atoms with E-state index in [-0.39, 0.29) is 11.8 Å². The second kappa shape index (κ2) is 8.64. The van der Waals surface area contributed by atoms with E-state index in [0.717, 1.165) is 30.8 Å². The summed E-state index contributed by atoms with van der Waals surface area (Å²) < 4.78 is 5.73. The molecule has 0 N–H and O–H groups in total. The number of anilines is 1. The fourth-order valence-corrected chi connectivity index (χ4v) is 5.23. The Bertz CT molecular complexity index is 957. The molecule has 1 aromatic carbocycles. The normalized spacial score (nSPS) is 22.2. The summed E-state index contributed by atoms with van der Waals surface area (Å²) in [6.45, 7) is 8.64. The van der Waals surface area contributed by atoms with Crippen molar-refractivity contribution >= 4 is 34.4 Å². The molecule has 2 unspecified atom stereocenters. The van der Waals surface area contributed by atoms with Crippen molar-refractivity contribution in [3.63, 3.8) is 0 Å². The molecule has 5 nitrogen and oxygen atoms in total. The van der Waals surface area contributed by atoms with Crippen LogP contribution in [-0.4, -0.2) is 36.4 Å². The van der Waals surface area contributed by atoms with E-state index in [2.05, 4.69) is 18.7 Å². The molecule has 2 amide bonds. The zero-order valence-corrected chi connectivity index (χ0v) is 18.6. The number of thiophene rings is 1. The highest BCUT2D eigenvalue weighted by atomic mass is 32.1. The lowest BCUT2D eigenvalue weighted by atomic mass is 9.91. The van der Waals surface area contributed by atoms with Gasteiger partial charge >= 0.3 is 0 Å². The predicted octanol–water partition coefficient (Wildman–Crippen LogP) is 4.80. The summed E-state index contributed by atoms with van der Waals surface area (Å²) in [5.41, 5.74) is 1.62. The number of amides is 2. The number of hydrogen-bond acceptors (Lipinski definition) is 5. The first-order valence-corrected chi connectivity index (χ1v) is 11.5. The van der Waals surface area contributed by atoms with E-state index in [4.69, 9.17) is 4.74 Å². The third kappa shape index (κ3) is 3.88. The summed E-state index contributed by atoms with van der Waals surface area (Å²) in [4.78, 5) is 31.5. The molecule has 0 aliphatic carbocycles. The first kappa shape index (κ1) is 20.7. The van der Waals surface area contributed by atoms with Gasteiger partial charge in [0, 0.05) is 24.0 Å². The highest BCUT2D eigenvalue weighted by molar-refractivity contribution is 7.11. The van der Waals surface area contributed by atoms with Gasteiger partial charge in [-0.2, -0.15) is 0 Å². The Morgan fingerprint density at radius 1 is 1.07 bits per heavy atom. The van der Waals surface area contributed by atoms with Gasteiger partial charge in [0.05, 0.1) is 17.9 Å². The molecule has 2 atom stereocenters. The number of ether oxygens (including phenoxy) is 1. The molecule has 0 spiro atoms. The van der Waals surface area contributed by atoms with Crippen LogP contribution in [0.1, 0.15) is 38.5 Å². The minimum Gasteiger partial charge on any atom is -0.494 e. The van der Waals surface area contributed by atoms with Gasteiger partial charge in [-0.3, -0.25) is 9.59 Å². The van der Waals surface area contributed by atoms with Crippen LogP contribution in [0.4, 0.5) is 5.69 Å². The molecule has 0 bridgehead atoms. The number of rotatable bonds is 6. The molecule has 3 heterocycles. The quantitative estimate of drug-likeness (QED) is 0.625. The molecule has 1 aromatic heterocycles. The lowest BCUT2D eigenvalue weighted by molar-refractivity contribution is -0.120. The van der Waals surface area contributed by atoms with E-state index in [1.807, 2.05) is 36.6 Å². The van der Waals surface area contributed by atoms with Crippen molar-refractivity contribution in [2.75, 3.05) is 24.6 Å². The molecule has 2 aromatic rings. The van der Waals surface area contributed by atoms with Crippen LogP contribution in [-0.2, 0) is 9.59 Å². The number of nitrogens with zero attached hydrogens (tertiary/aromatic N) is 2. The van der Waals surface area contributed by atoms with Crippen molar-refractivity contribution in [3.8, 4) is 5.75 Å². The third-order valence-electron chi connectivity index (χ3n) is 5.56.